The molecule has 8 rings (SSSR count). The zero-order chi connectivity index (χ0) is 86.2. The lowest BCUT2D eigenvalue weighted by atomic mass is 9.99. The van der Waals surface area contributed by atoms with Crippen molar-refractivity contribution in [3.05, 3.63) is 156 Å². The van der Waals surface area contributed by atoms with E-state index in [9.17, 15) is 77.6 Å². The first-order chi connectivity index (χ1) is 56.1. The fraction of sp³-hybridized carbons (Fsp3) is 0.471. The van der Waals surface area contributed by atoms with E-state index >= 15 is 9.59 Å². The maximum atomic E-state index is 15.3. The molecule has 0 bridgehead atoms. The number of fused-ring (bicyclic) bond motifs is 2. The summed E-state index contributed by atoms with van der Waals surface area (Å²) in [7, 11) is 2.54. The van der Waals surface area contributed by atoms with Crippen LogP contribution in [0.3, 0.4) is 0 Å². The summed E-state index contributed by atoms with van der Waals surface area (Å²) in [6, 6.07) is 22.4. The minimum atomic E-state index is -1.90. The van der Waals surface area contributed by atoms with Crippen molar-refractivity contribution in [2.24, 2.45) is 5.92 Å². The molecule has 3 fully saturated rings. The smallest absolute Gasteiger partial charge is 0.303 e. The van der Waals surface area contributed by atoms with Gasteiger partial charge in [-0.2, -0.15) is 0 Å². The Kier molecular flexibility index (Phi) is 33.9. The van der Waals surface area contributed by atoms with Crippen molar-refractivity contribution in [3.8, 4) is 22.3 Å². The molecule has 33 heteroatoms. The third-order valence-electron chi connectivity index (χ3n) is 21.3. The molecule has 1 unspecified atom stereocenters. The highest BCUT2D eigenvalue weighted by Crippen LogP contribution is 2.26. The Bertz CT molecular complexity index is 4370. The molecule has 32 nitrogen and oxygen atoms in total. The number of nitrogens with one attached hydrogen (secondary N) is 10. The first kappa shape index (κ1) is 91.9. The second kappa shape index (κ2) is 43.6. The van der Waals surface area contributed by atoms with Crippen LogP contribution in [-0.2, 0) is 91.2 Å². The molecule has 0 aromatic heterocycles. The van der Waals surface area contributed by atoms with Crippen molar-refractivity contribution in [3.63, 3.8) is 0 Å². The number of aliphatic hydroxyl groups excluding tert-OH is 2. The van der Waals surface area contributed by atoms with Gasteiger partial charge in [-0.1, -0.05) is 153 Å². The molecule has 13 N–H and O–H groups in total. The Morgan fingerprint density at radius 2 is 0.847 bits per heavy atom. The highest BCUT2D eigenvalue weighted by molar-refractivity contribution is 8.00. The van der Waals surface area contributed by atoms with Gasteiger partial charge in [0.2, 0.25) is 82.7 Å². The van der Waals surface area contributed by atoms with Crippen LogP contribution in [0.2, 0.25) is 0 Å². The number of amides is 14. The lowest BCUT2D eigenvalue weighted by Crippen LogP contribution is -2.63. The third-order valence-corrected chi connectivity index (χ3v) is 22.4. The Morgan fingerprint density at radius 3 is 1.31 bits per heavy atom. The minimum absolute atomic E-state index is 0.0128. The number of nitrogens with zero attached hydrogens (tertiary/aromatic N) is 4. The van der Waals surface area contributed by atoms with Gasteiger partial charge in [-0.25, -0.2) is 0 Å². The zero-order valence-electron chi connectivity index (χ0n) is 68.1. The molecule has 14 amide bonds. The van der Waals surface area contributed by atoms with E-state index in [0.29, 0.717) is 23.1 Å². The van der Waals surface area contributed by atoms with Gasteiger partial charge >= 0.3 is 5.97 Å². The number of rotatable bonds is 16. The first-order valence-electron chi connectivity index (χ1n) is 39.8. The summed E-state index contributed by atoms with van der Waals surface area (Å²) < 4.78 is 0. The molecule has 0 radical (unpaired) electrons. The molecule has 3 aliphatic rings. The maximum Gasteiger partial charge on any atom is 0.303 e. The van der Waals surface area contributed by atoms with Crippen molar-refractivity contribution < 1.29 is 87.2 Å². The molecule has 0 saturated carbocycles. The van der Waals surface area contributed by atoms with Gasteiger partial charge in [0, 0.05) is 65.2 Å². The van der Waals surface area contributed by atoms with Gasteiger partial charge in [-0.15, -0.1) is 11.8 Å². The third kappa shape index (κ3) is 25.2. The highest BCUT2D eigenvalue weighted by atomic mass is 32.2. The van der Waals surface area contributed by atoms with Crippen LogP contribution in [0.15, 0.2) is 140 Å². The number of carboxylic acid groups (broad SMARTS) is 1. The van der Waals surface area contributed by atoms with Gasteiger partial charge in [-0.05, 0) is 119 Å². The van der Waals surface area contributed by atoms with Crippen LogP contribution in [0, 0.1) is 5.92 Å². The summed E-state index contributed by atoms with van der Waals surface area (Å²) in [4.78, 5) is 220. The molecule has 0 spiro atoms. The van der Waals surface area contributed by atoms with E-state index in [1.54, 1.807) is 87.5 Å². The Morgan fingerprint density at radius 1 is 0.449 bits per heavy atom. The van der Waals surface area contributed by atoms with Gasteiger partial charge in [0.15, 0.2) is 0 Å². The average Bonchev–Trinajstić information content (AvgIpc) is 1.68. The second-order valence-electron chi connectivity index (χ2n) is 30.5. The van der Waals surface area contributed by atoms with Gasteiger partial charge in [0.25, 0.3) is 0 Å². The SMILES string of the molecule is CCNC(=O)[C@@H]1CSCC(=O)N[C@@H](Cc2ccccc2)C(=O)NC(C(C)C)C(=O)N2CCC[C@H]2C(=O)N[C@@H]([C@@H](C)O)C(=O)N[C@@H]([C@@H](C)O)C(=O)N[C@@H](Cc2ccc(-c3ccccc3)cc2)C(=O)N(C)[C@@H](C)C(=O)N[C@@H](Cc2ccc(-c3ccccc3)cc2)C(=O)N(C)[C@@H](C)C(=O)N[C@@H](CCC(=O)O)C(=O)N[C@@H](C)C(=O)N2CCC[C@H]2C(=O)N1. The Hall–Kier alpha value is -11.6. The molecule has 15 atom stereocenters. The summed E-state index contributed by atoms with van der Waals surface area (Å²) in [5.41, 5.74) is 5.02. The molecular weight excluding hydrogens is 1540 g/mol. The van der Waals surface area contributed by atoms with Crippen molar-refractivity contribution in [1.29, 1.82) is 0 Å². The summed E-state index contributed by atoms with van der Waals surface area (Å²) in [6.07, 6.45) is -4.31. The minimum Gasteiger partial charge on any atom is -0.481 e. The molecule has 3 aliphatic heterocycles. The van der Waals surface area contributed by atoms with Crippen molar-refractivity contribution >= 4 is 100 Å². The molecule has 118 heavy (non-hydrogen) atoms. The van der Waals surface area contributed by atoms with Crippen LogP contribution < -0.4 is 53.2 Å². The van der Waals surface area contributed by atoms with Crippen LogP contribution in [-0.4, -0.2) is 260 Å². The topological polar surface area (TPSA) is 450 Å². The second-order valence-corrected chi connectivity index (χ2v) is 31.5. The number of aliphatic carboxylic acids is 1. The molecule has 5 aromatic rings. The molecule has 634 valence electrons. The maximum absolute atomic E-state index is 15.3. The zero-order valence-corrected chi connectivity index (χ0v) is 68.9. The monoisotopic (exact) mass is 1650 g/mol. The molecule has 5 aromatic carbocycles. The average molecular weight is 1650 g/mol. The molecule has 3 saturated heterocycles. The number of carbonyl (C=O) groups is 15. The predicted octanol–water partition coefficient (Wildman–Crippen LogP) is 1.27. The van der Waals surface area contributed by atoms with Crippen LogP contribution in [0.25, 0.3) is 22.3 Å². The fourth-order valence-electron chi connectivity index (χ4n) is 14.2. The van der Waals surface area contributed by atoms with Crippen LogP contribution in [0.4, 0.5) is 0 Å². The predicted molar refractivity (Wildman–Crippen MR) is 439 cm³/mol. The van der Waals surface area contributed by atoms with Gasteiger partial charge in [-0.3, -0.25) is 71.9 Å². The van der Waals surface area contributed by atoms with Crippen molar-refractivity contribution in [2.45, 2.75) is 204 Å². The number of carbonyl (C=O) groups excluding carboxylic acids is 14. The van der Waals surface area contributed by atoms with E-state index in [1.807, 2.05) is 72.8 Å². The highest BCUT2D eigenvalue weighted by Gasteiger charge is 2.44. The standard InChI is InChI=1S/C85H110N14O18S/c1-11-86-75(107)65-46-118-47-68(102)88-62(43-54-23-15-12-16-24-54)77(109)93-70(48(2)3)85(117)99-42-22-30-67(99)79(111)94-72(53(8)101)81(113)95-71(52(7)100)80(112)91-64(45-56-33-37-60(38-34-56)58-27-19-14-20-28-58)84(116)97(10)51(6)74(106)90-63(44-55-31-35-59(36-32-55)57-25-17-13-18-26-57)83(115)96(9)50(5)73(105)89-61(39-40-69(103)104)76(108)87-49(4)82(114)98-41-21-29-66(98)78(110)92-65/h12-20,23-28,31-38,48-53,61-67,70-72,100-101H,11,21-22,29-30,39-47H2,1-10H3,(H,86,107)(H,87,108)(H,88,102)(H,89,105)(H,90,106)(H,91,112)(H,92,110)(H,93,109)(H,94,111)(H,95,113)(H,103,104)/t49-,50-,51-,52+,53+,61-,62-,63-,64-,65-,66-,67-,70?,71-,72-/m0/s1. The molecule has 3 heterocycles. The van der Waals surface area contributed by atoms with E-state index in [0.717, 1.165) is 43.8 Å². The van der Waals surface area contributed by atoms with Crippen LogP contribution >= 0.6 is 11.8 Å². The van der Waals surface area contributed by atoms with E-state index in [2.05, 4.69) is 53.2 Å². The van der Waals surface area contributed by atoms with E-state index in [4.69, 9.17) is 0 Å². The number of hydrogen-bond donors (Lipinski definition) is 13. The van der Waals surface area contributed by atoms with E-state index < -0.39 is 198 Å². The number of benzene rings is 5. The summed E-state index contributed by atoms with van der Waals surface area (Å²) in [6.45, 7) is 11.5. The van der Waals surface area contributed by atoms with Gasteiger partial charge in [0.1, 0.15) is 78.5 Å². The fourth-order valence-corrected chi connectivity index (χ4v) is 15.1. The molecule has 0 aliphatic carbocycles. The number of hydrogen-bond acceptors (Lipinski definition) is 18. The van der Waals surface area contributed by atoms with Crippen LogP contribution in [0.5, 0.6) is 0 Å². The quantitative estimate of drug-likeness (QED) is 0.0661. The molecular formula is C85H110N14O18S. The number of carboxylic acids is 1. The number of likely N-dealkylation sites (N-methyl/N-ethyl adjacent to an activating group) is 3. The van der Waals surface area contributed by atoms with Crippen LogP contribution in [0.1, 0.15) is 111 Å². The van der Waals surface area contributed by atoms with E-state index in [-0.39, 0.29) is 69.7 Å². The first-order valence-corrected chi connectivity index (χ1v) is 40.9. The normalized spacial score (nSPS) is 25.5. The largest absolute Gasteiger partial charge is 0.481 e. The van der Waals surface area contributed by atoms with Gasteiger partial charge < -0.3 is 88.1 Å². The number of aliphatic hydroxyl groups is 2. The summed E-state index contributed by atoms with van der Waals surface area (Å²) in [5, 5.41) is 58.8. The summed E-state index contributed by atoms with van der Waals surface area (Å²) in [5.74, 6) is -14.6. The van der Waals surface area contributed by atoms with Crippen molar-refractivity contribution in [2.75, 3.05) is 45.2 Å². The Labute approximate surface area is 690 Å². The van der Waals surface area contributed by atoms with Gasteiger partial charge in [0.05, 0.1) is 18.0 Å². The Balaban J connectivity index is 1.13. The lowest BCUT2D eigenvalue weighted by Gasteiger charge is -2.33. The van der Waals surface area contributed by atoms with E-state index in [1.165, 1.54) is 58.5 Å². The summed E-state index contributed by atoms with van der Waals surface area (Å²) >= 11 is 0.938. The lowest BCUT2D eigenvalue weighted by molar-refractivity contribution is -0.145. The number of thioether (sulfide) groups is 1. The van der Waals surface area contributed by atoms with Crippen molar-refractivity contribution in [1.82, 2.24) is 72.8 Å².